The van der Waals surface area contributed by atoms with Crippen molar-refractivity contribution in [2.75, 3.05) is 13.2 Å². The van der Waals surface area contributed by atoms with E-state index >= 15 is 0 Å². The Bertz CT molecular complexity index is 296. The van der Waals surface area contributed by atoms with Gasteiger partial charge in [-0.15, -0.1) is 0 Å². The molecule has 4 heteroatoms. The molecule has 0 aliphatic heterocycles. The second kappa shape index (κ2) is 5.61. The van der Waals surface area contributed by atoms with E-state index < -0.39 is 5.54 Å². The predicted octanol–water partition coefficient (Wildman–Crippen LogP) is 1.28. The molecular formula is C11H16BrNO2. The van der Waals surface area contributed by atoms with Crippen LogP contribution in [0.15, 0.2) is 28.7 Å². The van der Waals surface area contributed by atoms with Crippen molar-refractivity contribution in [3.8, 4) is 0 Å². The third-order valence-electron chi connectivity index (χ3n) is 2.33. The summed E-state index contributed by atoms with van der Waals surface area (Å²) in [6.07, 6.45) is 0. The molecular weight excluding hydrogens is 258 g/mol. The third-order valence-corrected chi connectivity index (χ3v) is 2.86. The SMILES string of the molecule is CC(CO)(CO)NCc1ccc(Br)cc1. The van der Waals surface area contributed by atoms with Gasteiger partial charge in [-0.05, 0) is 24.6 Å². The maximum atomic E-state index is 9.08. The molecule has 0 aliphatic carbocycles. The van der Waals surface area contributed by atoms with Crippen molar-refractivity contribution in [2.45, 2.75) is 19.0 Å². The number of nitrogens with one attached hydrogen (secondary N) is 1. The number of aliphatic hydroxyl groups is 2. The Morgan fingerprint density at radius 2 is 1.73 bits per heavy atom. The lowest BCUT2D eigenvalue weighted by atomic mass is 10.0. The summed E-state index contributed by atoms with van der Waals surface area (Å²) in [4.78, 5) is 0. The van der Waals surface area contributed by atoms with Crippen LogP contribution in [0.25, 0.3) is 0 Å². The minimum absolute atomic E-state index is 0.0833. The molecule has 0 radical (unpaired) electrons. The third kappa shape index (κ3) is 3.91. The summed E-state index contributed by atoms with van der Waals surface area (Å²) in [5, 5.41) is 21.3. The molecule has 0 fully saturated rings. The van der Waals surface area contributed by atoms with Crippen molar-refractivity contribution >= 4 is 15.9 Å². The average Bonchev–Trinajstić information content (AvgIpc) is 2.28. The first-order chi connectivity index (χ1) is 7.09. The van der Waals surface area contributed by atoms with Gasteiger partial charge in [0.05, 0.1) is 18.8 Å². The van der Waals surface area contributed by atoms with Crippen molar-refractivity contribution in [3.05, 3.63) is 34.3 Å². The Balaban J connectivity index is 2.53. The number of halogens is 1. The van der Waals surface area contributed by atoms with Crippen molar-refractivity contribution < 1.29 is 10.2 Å². The van der Waals surface area contributed by atoms with Crippen LogP contribution in [0.5, 0.6) is 0 Å². The first-order valence-electron chi connectivity index (χ1n) is 4.81. The molecule has 0 heterocycles. The number of benzene rings is 1. The van der Waals surface area contributed by atoms with Crippen LogP contribution < -0.4 is 5.32 Å². The largest absolute Gasteiger partial charge is 0.394 e. The highest BCUT2D eigenvalue weighted by Gasteiger charge is 2.20. The zero-order valence-corrected chi connectivity index (χ0v) is 10.3. The van der Waals surface area contributed by atoms with Crippen molar-refractivity contribution in [1.29, 1.82) is 0 Å². The molecule has 0 saturated carbocycles. The summed E-state index contributed by atoms with van der Waals surface area (Å²) in [7, 11) is 0. The van der Waals surface area contributed by atoms with Crippen molar-refractivity contribution in [2.24, 2.45) is 0 Å². The molecule has 0 amide bonds. The van der Waals surface area contributed by atoms with Gasteiger partial charge in [0.15, 0.2) is 0 Å². The molecule has 0 unspecified atom stereocenters. The van der Waals surface area contributed by atoms with Crippen molar-refractivity contribution in [1.82, 2.24) is 5.32 Å². The quantitative estimate of drug-likeness (QED) is 0.758. The molecule has 1 aromatic carbocycles. The highest BCUT2D eigenvalue weighted by molar-refractivity contribution is 9.10. The summed E-state index contributed by atoms with van der Waals surface area (Å²) < 4.78 is 1.04. The van der Waals surface area contributed by atoms with Gasteiger partial charge in [-0.2, -0.15) is 0 Å². The van der Waals surface area contributed by atoms with E-state index in [2.05, 4.69) is 21.2 Å². The maximum Gasteiger partial charge on any atom is 0.0633 e. The average molecular weight is 274 g/mol. The van der Waals surface area contributed by atoms with E-state index in [0.29, 0.717) is 6.54 Å². The zero-order chi connectivity index (χ0) is 11.3. The van der Waals surface area contributed by atoms with Crippen LogP contribution in [0.4, 0.5) is 0 Å². The van der Waals surface area contributed by atoms with Gasteiger partial charge in [0.1, 0.15) is 0 Å². The van der Waals surface area contributed by atoms with Crippen LogP contribution in [-0.2, 0) is 6.54 Å². The maximum absolute atomic E-state index is 9.08. The normalized spacial score (nSPS) is 11.7. The van der Waals surface area contributed by atoms with Crippen LogP contribution in [0, 0.1) is 0 Å². The van der Waals surface area contributed by atoms with Gasteiger partial charge in [-0.1, -0.05) is 28.1 Å². The van der Waals surface area contributed by atoms with E-state index in [1.165, 1.54) is 0 Å². The van der Waals surface area contributed by atoms with E-state index in [9.17, 15) is 0 Å². The fraction of sp³-hybridized carbons (Fsp3) is 0.455. The monoisotopic (exact) mass is 273 g/mol. The smallest absolute Gasteiger partial charge is 0.0633 e. The van der Waals surface area contributed by atoms with E-state index in [4.69, 9.17) is 10.2 Å². The minimum Gasteiger partial charge on any atom is -0.394 e. The fourth-order valence-corrected chi connectivity index (χ4v) is 1.34. The van der Waals surface area contributed by atoms with E-state index in [-0.39, 0.29) is 13.2 Å². The topological polar surface area (TPSA) is 52.5 Å². The molecule has 1 aromatic rings. The molecule has 15 heavy (non-hydrogen) atoms. The number of hydrogen-bond acceptors (Lipinski definition) is 3. The van der Waals surface area contributed by atoms with Gasteiger partial charge in [0.2, 0.25) is 0 Å². The second-order valence-corrected chi connectivity index (χ2v) is 4.77. The second-order valence-electron chi connectivity index (χ2n) is 3.86. The lowest BCUT2D eigenvalue weighted by Gasteiger charge is -2.26. The van der Waals surface area contributed by atoms with Crippen LogP contribution in [0.3, 0.4) is 0 Å². The van der Waals surface area contributed by atoms with E-state index in [1.807, 2.05) is 24.3 Å². The Morgan fingerprint density at radius 3 is 2.20 bits per heavy atom. The molecule has 1 rings (SSSR count). The predicted molar refractivity (Wildman–Crippen MR) is 63.6 cm³/mol. The summed E-state index contributed by atoms with van der Waals surface area (Å²) in [6, 6.07) is 7.91. The van der Waals surface area contributed by atoms with E-state index in [0.717, 1.165) is 10.0 Å². The Labute approximate surface area is 98.3 Å². The first kappa shape index (κ1) is 12.6. The van der Waals surface area contributed by atoms with Crippen LogP contribution in [-0.4, -0.2) is 29.0 Å². The first-order valence-corrected chi connectivity index (χ1v) is 5.60. The molecule has 0 bridgehead atoms. The highest BCUT2D eigenvalue weighted by atomic mass is 79.9. The number of aliphatic hydroxyl groups excluding tert-OH is 2. The van der Waals surface area contributed by atoms with Crippen LogP contribution in [0.2, 0.25) is 0 Å². The zero-order valence-electron chi connectivity index (χ0n) is 8.70. The lowest BCUT2D eigenvalue weighted by Crippen LogP contribution is -2.48. The summed E-state index contributed by atoms with van der Waals surface area (Å²) in [6.45, 7) is 2.25. The van der Waals surface area contributed by atoms with Gasteiger partial charge in [0, 0.05) is 11.0 Å². The van der Waals surface area contributed by atoms with Gasteiger partial charge in [0.25, 0.3) is 0 Å². The highest BCUT2D eigenvalue weighted by Crippen LogP contribution is 2.11. The minimum atomic E-state index is -0.618. The van der Waals surface area contributed by atoms with Crippen LogP contribution >= 0.6 is 15.9 Å². The van der Waals surface area contributed by atoms with E-state index in [1.54, 1.807) is 6.92 Å². The Hall–Kier alpha value is -0.420. The number of hydrogen-bond donors (Lipinski definition) is 3. The molecule has 0 aliphatic rings. The summed E-state index contributed by atoms with van der Waals surface area (Å²) >= 11 is 3.36. The summed E-state index contributed by atoms with van der Waals surface area (Å²) in [5.74, 6) is 0. The summed E-state index contributed by atoms with van der Waals surface area (Å²) in [5.41, 5.74) is 0.499. The van der Waals surface area contributed by atoms with Gasteiger partial charge in [-0.25, -0.2) is 0 Å². The Morgan fingerprint density at radius 1 is 1.20 bits per heavy atom. The number of rotatable bonds is 5. The Kier molecular flexibility index (Phi) is 4.73. The molecule has 0 spiro atoms. The standard InChI is InChI=1S/C11H16BrNO2/c1-11(7-14,8-15)13-6-9-2-4-10(12)5-3-9/h2-5,13-15H,6-8H2,1H3. The van der Waals surface area contributed by atoms with Gasteiger partial charge >= 0.3 is 0 Å². The molecule has 3 N–H and O–H groups in total. The molecule has 0 saturated heterocycles. The fourth-order valence-electron chi connectivity index (χ4n) is 1.08. The molecule has 84 valence electrons. The van der Waals surface area contributed by atoms with Crippen molar-refractivity contribution in [3.63, 3.8) is 0 Å². The van der Waals surface area contributed by atoms with Crippen LogP contribution in [0.1, 0.15) is 12.5 Å². The van der Waals surface area contributed by atoms with Gasteiger partial charge < -0.3 is 15.5 Å². The molecule has 0 aromatic heterocycles. The molecule has 0 atom stereocenters. The van der Waals surface area contributed by atoms with Gasteiger partial charge in [-0.3, -0.25) is 0 Å². The molecule has 3 nitrogen and oxygen atoms in total. The lowest BCUT2D eigenvalue weighted by molar-refractivity contribution is 0.103.